The Morgan fingerprint density at radius 1 is 1.45 bits per heavy atom. The van der Waals surface area contributed by atoms with Gasteiger partial charge in [0.1, 0.15) is 0 Å². The lowest BCUT2D eigenvalue weighted by Crippen LogP contribution is -2.39. The first-order valence-corrected chi connectivity index (χ1v) is 5.21. The molecule has 2 N–H and O–H groups in total. The average Bonchev–Trinajstić information content (AvgIpc) is 2.04. The third-order valence-corrected chi connectivity index (χ3v) is 3.07. The van der Waals surface area contributed by atoms with Crippen LogP contribution in [0.25, 0.3) is 0 Å². The molecule has 66 valence electrons. The fraction of sp³-hybridized carbons (Fsp3) is 1.00. The van der Waals surface area contributed by atoms with Crippen LogP contribution >= 0.6 is 0 Å². The highest BCUT2D eigenvalue weighted by Crippen LogP contribution is 1.98. The van der Waals surface area contributed by atoms with Crippen molar-refractivity contribution >= 4 is 10.8 Å². The Morgan fingerprint density at radius 2 is 2.09 bits per heavy atom. The van der Waals surface area contributed by atoms with Crippen LogP contribution in [-0.4, -0.2) is 46.9 Å². The summed E-state index contributed by atoms with van der Waals surface area (Å²) in [6.45, 7) is 3.24. The maximum absolute atomic E-state index is 10.9. The van der Waals surface area contributed by atoms with Crippen LogP contribution in [0.3, 0.4) is 0 Å². The molecular formula is C6H14N2O2S. The van der Waals surface area contributed by atoms with Gasteiger partial charge in [0.25, 0.3) is 0 Å². The molecule has 0 aromatic rings. The molecule has 0 aliphatic carbocycles. The lowest BCUT2D eigenvalue weighted by Gasteiger charge is -2.25. The van der Waals surface area contributed by atoms with Crippen molar-refractivity contribution in [2.45, 2.75) is 0 Å². The zero-order chi connectivity index (χ0) is 8.10. The third-order valence-electron chi connectivity index (χ3n) is 1.80. The Bertz CT molecular complexity index is 133. The van der Waals surface area contributed by atoms with Crippen molar-refractivity contribution in [3.05, 3.63) is 0 Å². The number of hydrogen-bond donors (Lipinski definition) is 1. The monoisotopic (exact) mass is 178 g/mol. The molecule has 11 heavy (non-hydrogen) atoms. The maximum atomic E-state index is 10.9. The van der Waals surface area contributed by atoms with Gasteiger partial charge in [-0.1, -0.05) is 0 Å². The largest absolute Gasteiger partial charge is 0.303 e. The van der Waals surface area contributed by atoms with E-state index in [1.165, 1.54) is 0 Å². The second-order valence-corrected chi connectivity index (χ2v) is 4.26. The number of nitrogens with zero attached hydrogens (tertiary/aromatic N) is 1. The molecule has 0 amide bonds. The standard InChI is InChI=1S/C6H14N2O2S/c7-10-4-1-8-2-5-11(9)6-3-8/h1-7H2. The van der Waals surface area contributed by atoms with E-state index in [2.05, 4.69) is 9.74 Å². The van der Waals surface area contributed by atoms with Crippen molar-refractivity contribution in [1.29, 1.82) is 0 Å². The molecule has 0 atom stereocenters. The topological polar surface area (TPSA) is 55.6 Å². The second-order valence-electron chi connectivity index (χ2n) is 2.56. The van der Waals surface area contributed by atoms with Crippen LogP contribution in [0.4, 0.5) is 0 Å². The minimum atomic E-state index is -0.580. The molecule has 1 rings (SSSR count). The van der Waals surface area contributed by atoms with Crippen molar-refractivity contribution in [2.24, 2.45) is 5.90 Å². The van der Waals surface area contributed by atoms with Gasteiger partial charge >= 0.3 is 0 Å². The van der Waals surface area contributed by atoms with Crippen LogP contribution in [0, 0.1) is 0 Å². The van der Waals surface area contributed by atoms with Gasteiger partial charge in [-0.25, -0.2) is 5.90 Å². The minimum absolute atomic E-state index is 0.562. The first-order valence-electron chi connectivity index (χ1n) is 3.72. The van der Waals surface area contributed by atoms with E-state index in [0.29, 0.717) is 6.61 Å². The van der Waals surface area contributed by atoms with Crippen LogP contribution in [0.15, 0.2) is 0 Å². The summed E-state index contributed by atoms with van der Waals surface area (Å²) >= 11 is 0. The zero-order valence-electron chi connectivity index (χ0n) is 6.49. The Balaban J connectivity index is 2.12. The zero-order valence-corrected chi connectivity index (χ0v) is 7.31. The Labute approximate surface area is 69.1 Å². The summed E-state index contributed by atoms with van der Waals surface area (Å²) in [5.74, 6) is 6.48. The van der Waals surface area contributed by atoms with E-state index in [1.807, 2.05) is 0 Å². The summed E-state index contributed by atoms with van der Waals surface area (Å²) in [4.78, 5) is 6.67. The number of nitrogens with two attached hydrogens (primary N) is 1. The van der Waals surface area contributed by atoms with Crippen LogP contribution in [0.5, 0.6) is 0 Å². The van der Waals surface area contributed by atoms with Gasteiger partial charge in [0, 0.05) is 41.9 Å². The lowest BCUT2D eigenvalue weighted by molar-refractivity contribution is 0.109. The van der Waals surface area contributed by atoms with E-state index in [1.54, 1.807) is 0 Å². The predicted octanol–water partition coefficient (Wildman–Crippen LogP) is -1.06. The summed E-state index contributed by atoms with van der Waals surface area (Å²) in [6.07, 6.45) is 0. The minimum Gasteiger partial charge on any atom is -0.303 e. The SMILES string of the molecule is NOCCN1CCS(=O)CC1. The van der Waals surface area contributed by atoms with Gasteiger partial charge in [0.05, 0.1) is 6.61 Å². The van der Waals surface area contributed by atoms with Gasteiger partial charge in [-0.3, -0.25) is 9.11 Å². The van der Waals surface area contributed by atoms with Gasteiger partial charge in [-0.2, -0.15) is 0 Å². The van der Waals surface area contributed by atoms with Crippen LogP contribution in [0.2, 0.25) is 0 Å². The highest BCUT2D eigenvalue weighted by molar-refractivity contribution is 7.85. The van der Waals surface area contributed by atoms with E-state index < -0.39 is 10.8 Å². The third kappa shape index (κ3) is 3.29. The average molecular weight is 178 g/mol. The first-order chi connectivity index (χ1) is 5.33. The Morgan fingerprint density at radius 3 is 2.64 bits per heavy atom. The highest BCUT2D eigenvalue weighted by atomic mass is 32.2. The molecule has 0 bridgehead atoms. The highest BCUT2D eigenvalue weighted by Gasteiger charge is 2.13. The number of rotatable bonds is 3. The summed E-state index contributed by atoms with van der Waals surface area (Å²) in [5, 5.41) is 0. The molecule has 0 saturated carbocycles. The molecule has 1 saturated heterocycles. The van der Waals surface area contributed by atoms with Crippen molar-refractivity contribution in [3.63, 3.8) is 0 Å². The van der Waals surface area contributed by atoms with Gasteiger partial charge in [0.2, 0.25) is 0 Å². The van der Waals surface area contributed by atoms with E-state index in [0.717, 1.165) is 31.1 Å². The van der Waals surface area contributed by atoms with Crippen molar-refractivity contribution in [3.8, 4) is 0 Å². The van der Waals surface area contributed by atoms with Crippen LogP contribution in [-0.2, 0) is 15.6 Å². The molecule has 0 aromatic carbocycles. The molecule has 4 nitrogen and oxygen atoms in total. The van der Waals surface area contributed by atoms with E-state index in [4.69, 9.17) is 5.90 Å². The summed E-state index contributed by atoms with van der Waals surface area (Å²) < 4.78 is 10.9. The summed E-state index contributed by atoms with van der Waals surface area (Å²) in [6, 6.07) is 0. The molecule has 0 aromatic heterocycles. The molecule has 0 spiro atoms. The van der Waals surface area contributed by atoms with Gasteiger partial charge < -0.3 is 4.84 Å². The molecule has 1 aliphatic heterocycles. The van der Waals surface area contributed by atoms with Gasteiger partial charge in [-0.15, -0.1) is 0 Å². The maximum Gasteiger partial charge on any atom is 0.0806 e. The van der Waals surface area contributed by atoms with Crippen LogP contribution in [0.1, 0.15) is 0 Å². The summed E-state index contributed by atoms with van der Waals surface area (Å²) in [7, 11) is -0.580. The van der Waals surface area contributed by atoms with Crippen LogP contribution < -0.4 is 5.90 Å². The van der Waals surface area contributed by atoms with Crippen molar-refractivity contribution < 1.29 is 9.05 Å². The molecule has 5 heteroatoms. The fourth-order valence-corrected chi connectivity index (χ4v) is 2.21. The van der Waals surface area contributed by atoms with E-state index in [9.17, 15) is 4.21 Å². The predicted molar refractivity (Wildman–Crippen MR) is 44.5 cm³/mol. The first kappa shape index (κ1) is 9.12. The molecule has 1 fully saturated rings. The van der Waals surface area contributed by atoms with Gasteiger partial charge in [-0.05, 0) is 0 Å². The lowest BCUT2D eigenvalue weighted by atomic mass is 10.5. The molecule has 1 heterocycles. The van der Waals surface area contributed by atoms with Crippen molar-refractivity contribution in [1.82, 2.24) is 4.90 Å². The second kappa shape index (κ2) is 4.82. The fourth-order valence-electron chi connectivity index (χ4n) is 1.08. The quantitative estimate of drug-likeness (QED) is 0.560. The molecular weight excluding hydrogens is 164 g/mol. The Kier molecular flexibility index (Phi) is 3.99. The van der Waals surface area contributed by atoms with Gasteiger partial charge in [0.15, 0.2) is 0 Å². The smallest absolute Gasteiger partial charge is 0.0806 e. The molecule has 1 aliphatic rings. The summed E-state index contributed by atoms with van der Waals surface area (Å²) in [5.41, 5.74) is 0. The van der Waals surface area contributed by atoms with E-state index in [-0.39, 0.29) is 0 Å². The number of hydrogen-bond acceptors (Lipinski definition) is 4. The van der Waals surface area contributed by atoms with E-state index >= 15 is 0 Å². The van der Waals surface area contributed by atoms with Crippen molar-refractivity contribution in [2.75, 3.05) is 37.7 Å². The Hall–Kier alpha value is 0.0300. The molecule has 0 unspecified atom stereocenters. The normalized spacial score (nSPS) is 22.3. The molecule has 0 radical (unpaired) electrons.